The highest BCUT2D eigenvalue weighted by Gasteiger charge is 2.25. The van der Waals surface area contributed by atoms with E-state index in [1.165, 1.54) is 6.20 Å². The van der Waals surface area contributed by atoms with Crippen molar-refractivity contribution < 1.29 is 24.0 Å². The number of rotatable bonds is 6. The molecule has 3 rings (SSSR count). The number of amides is 1. The second-order valence-electron chi connectivity index (χ2n) is 5.96. The summed E-state index contributed by atoms with van der Waals surface area (Å²) >= 11 is 3.21. The molecule has 160 valence electrons. The van der Waals surface area contributed by atoms with Gasteiger partial charge in [-0.25, -0.2) is 19.1 Å². The van der Waals surface area contributed by atoms with Gasteiger partial charge >= 0.3 is 0 Å². The fraction of sp³-hybridized carbons (Fsp3) is 0.316. The van der Waals surface area contributed by atoms with Gasteiger partial charge in [-0.1, -0.05) is 0 Å². The minimum atomic E-state index is -0.500. The van der Waals surface area contributed by atoms with E-state index in [0.717, 1.165) is 35.7 Å². The van der Waals surface area contributed by atoms with E-state index in [9.17, 15) is 4.79 Å². The number of halogens is 1. The van der Waals surface area contributed by atoms with Crippen LogP contribution in [0.4, 0.5) is 5.82 Å². The maximum Gasteiger partial charge on any atom is 0.277 e. The van der Waals surface area contributed by atoms with E-state index >= 15 is 0 Å². The Morgan fingerprint density at radius 2 is 2.13 bits per heavy atom. The summed E-state index contributed by atoms with van der Waals surface area (Å²) in [6, 6.07) is 5.98. The molecule has 1 aromatic carbocycles. The van der Waals surface area contributed by atoms with Crippen LogP contribution >= 0.6 is 15.9 Å². The van der Waals surface area contributed by atoms with Crippen molar-refractivity contribution in [3.05, 3.63) is 40.5 Å². The Bertz CT molecular complexity index is 1050. The highest BCUT2D eigenvalue weighted by Crippen LogP contribution is 2.21. The van der Waals surface area contributed by atoms with Crippen molar-refractivity contribution in [3.8, 4) is 5.75 Å². The molecule has 2 heterocycles. The van der Waals surface area contributed by atoms with Crippen molar-refractivity contribution in [3.63, 3.8) is 0 Å². The molecular formula is C19H23BrN6O4. The Kier molecular flexibility index (Phi) is 8.10. The molecule has 0 atom stereocenters. The molecule has 3 N–H and O–H groups in total. The second-order valence-corrected chi connectivity index (χ2v) is 6.78. The highest BCUT2D eigenvalue weighted by atomic mass is 79.9. The number of aryl methyl sites for hydroxylation is 2. The van der Waals surface area contributed by atoms with Gasteiger partial charge in [0.1, 0.15) is 16.9 Å². The molecule has 0 saturated heterocycles. The highest BCUT2D eigenvalue weighted by molar-refractivity contribution is 9.10. The number of hydrogen-bond acceptors (Lipinski definition) is 7. The zero-order chi connectivity index (χ0) is 22.3. The summed E-state index contributed by atoms with van der Waals surface area (Å²) in [5.41, 5.74) is 8.04. The zero-order valence-corrected chi connectivity index (χ0v) is 18.5. The number of hydrogen-bond donors (Lipinski definition) is 2. The smallest absolute Gasteiger partial charge is 0.277 e. The number of imidazole rings is 1. The minimum Gasteiger partial charge on any atom is -0.554 e. The number of fused-ring (bicyclic) bond motifs is 1. The van der Waals surface area contributed by atoms with Gasteiger partial charge in [0.15, 0.2) is 22.5 Å². The maximum atomic E-state index is 12.6. The van der Waals surface area contributed by atoms with E-state index in [1.807, 2.05) is 18.2 Å². The molecule has 3 aromatic rings. The van der Waals surface area contributed by atoms with Gasteiger partial charge in [-0.15, -0.1) is 0 Å². The maximum absolute atomic E-state index is 12.6. The lowest BCUT2D eigenvalue weighted by molar-refractivity contribution is -0.676. The number of nitrogens with zero attached hydrogens (tertiary/aromatic N) is 4. The molecule has 0 fully saturated rings. The first-order valence-corrected chi connectivity index (χ1v) is 9.91. The van der Waals surface area contributed by atoms with Gasteiger partial charge in [-0.3, -0.25) is 4.79 Å². The third kappa shape index (κ3) is 4.85. The van der Waals surface area contributed by atoms with E-state index < -0.39 is 6.47 Å². The van der Waals surface area contributed by atoms with Gasteiger partial charge in [-0.2, -0.15) is 0 Å². The van der Waals surface area contributed by atoms with Crippen molar-refractivity contribution in [2.24, 2.45) is 0 Å². The van der Waals surface area contributed by atoms with Crippen molar-refractivity contribution in [1.29, 1.82) is 0 Å². The van der Waals surface area contributed by atoms with E-state index in [4.69, 9.17) is 20.4 Å². The normalized spacial score (nSPS) is 10.3. The van der Waals surface area contributed by atoms with Crippen LogP contribution in [-0.4, -0.2) is 34.0 Å². The number of anilines is 1. The summed E-state index contributed by atoms with van der Waals surface area (Å²) in [6.45, 7) is 5.53. The summed E-state index contributed by atoms with van der Waals surface area (Å²) < 4.78 is 10.2. The summed E-state index contributed by atoms with van der Waals surface area (Å²) in [4.78, 5) is 28.9. The van der Waals surface area contributed by atoms with Crippen LogP contribution in [0.5, 0.6) is 5.75 Å². The van der Waals surface area contributed by atoms with Crippen molar-refractivity contribution in [2.45, 2.75) is 33.5 Å². The first kappa shape index (κ1) is 23.1. The number of carbonyl (C=O) groups is 2. The summed E-state index contributed by atoms with van der Waals surface area (Å²) in [6.07, 6.45) is 1.46. The number of nitrogens with one attached hydrogen (secondary N) is 1. The van der Waals surface area contributed by atoms with E-state index in [0.29, 0.717) is 11.1 Å². The molecule has 0 spiro atoms. The number of methoxy groups -OCH3 is 1. The largest absolute Gasteiger partial charge is 0.554 e. The zero-order valence-electron chi connectivity index (χ0n) is 16.9. The molecule has 0 aliphatic heterocycles. The molecule has 10 nitrogen and oxygen atoms in total. The van der Waals surface area contributed by atoms with Crippen LogP contribution in [0.3, 0.4) is 0 Å². The second kappa shape index (κ2) is 10.5. The predicted octanol–water partition coefficient (Wildman–Crippen LogP) is 0.408. The third-order valence-electron chi connectivity index (χ3n) is 4.41. The van der Waals surface area contributed by atoms with Crippen molar-refractivity contribution in [2.75, 3.05) is 12.8 Å². The lowest BCUT2D eigenvalue weighted by atomic mass is 10.3. The molecule has 30 heavy (non-hydrogen) atoms. The molecule has 0 radical (unpaired) electrons. The van der Waals surface area contributed by atoms with E-state index in [1.54, 1.807) is 7.11 Å². The molecule has 0 aliphatic rings. The van der Waals surface area contributed by atoms with Crippen LogP contribution in [0.1, 0.15) is 30.2 Å². The number of carboxylic acid groups (broad SMARTS) is 1. The monoisotopic (exact) mass is 478 g/mol. The lowest BCUT2D eigenvalue weighted by Crippen LogP contribution is -2.40. The molecule has 0 aliphatic carbocycles. The predicted molar refractivity (Wildman–Crippen MR) is 111 cm³/mol. The molecule has 0 bridgehead atoms. The Labute approximate surface area is 181 Å². The van der Waals surface area contributed by atoms with Crippen LogP contribution in [-0.2, 0) is 24.4 Å². The first-order valence-electron chi connectivity index (χ1n) is 9.12. The Morgan fingerprint density at radius 3 is 2.73 bits per heavy atom. The Balaban J connectivity index is 0.00000101. The number of nitrogens with two attached hydrogens (primary N) is 1. The standard InChI is InChI=1S/C18H21BrN6O2.CH2O2/c1-4-24-12-7-6-11(27-3)8-13(12)25(5-2)15(24)10-22-18(26)16-17(20)21-9-14(19)23-16;2-1-3/h6-9H,4-5,10H2,1-3H3,(H2-,20,21,22,26);1H,(H,2,3). The molecule has 0 unspecified atom stereocenters. The Hall–Kier alpha value is -3.21. The Morgan fingerprint density at radius 1 is 1.43 bits per heavy atom. The average Bonchev–Trinajstić information content (AvgIpc) is 3.05. The van der Waals surface area contributed by atoms with E-state index in [-0.39, 0.29) is 17.4 Å². The summed E-state index contributed by atoms with van der Waals surface area (Å²) in [5.74, 6) is 1.51. The topological polar surface area (TPSA) is 139 Å². The number of carbonyl (C=O) groups excluding carboxylic acids is 2. The van der Waals surface area contributed by atoms with Gasteiger partial charge < -0.3 is 25.7 Å². The first-order chi connectivity index (χ1) is 14.4. The lowest BCUT2D eigenvalue weighted by Gasteiger charge is -2.07. The summed E-state index contributed by atoms with van der Waals surface area (Å²) in [7, 11) is 1.65. The molecule has 2 aromatic heterocycles. The molecule has 11 heteroatoms. The number of nitrogen functional groups attached to an aromatic ring is 1. The van der Waals surface area contributed by atoms with Crippen molar-refractivity contribution >= 4 is 45.2 Å². The number of benzene rings is 1. The summed E-state index contributed by atoms with van der Waals surface area (Å²) in [5, 5.41) is 11.2. The van der Waals surface area contributed by atoms with Crippen molar-refractivity contribution in [1.82, 2.24) is 19.9 Å². The molecule has 1 amide bonds. The SMILES string of the molecule is CCn1c(CNC(=O)c2nc(Br)cnc2N)[n+](CC)c2ccc(OC)cc21.O=C[O-]. The van der Waals surface area contributed by atoms with Crippen LogP contribution in [0.25, 0.3) is 11.0 Å². The van der Waals surface area contributed by atoms with Crippen LogP contribution in [0, 0.1) is 0 Å². The van der Waals surface area contributed by atoms with Gasteiger partial charge in [0.05, 0.1) is 26.4 Å². The van der Waals surface area contributed by atoms with E-state index in [2.05, 4.69) is 54.2 Å². The number of ether oxygens (including phenoxy) is 1. The fourth-order valence-corrected chi connectivity index (χ4v) is 3.46. The van der Waals surface area contributed by atoms with Crippen LogP contribution < -0.4 is 25.5 Å². The van der Waals surface area contributed by atoms with Crippen LogP contribution in [0.15, 0.2) is 29.0 Å². The van der Waals surface area contributed by atoms with Crippen LogP contribution in [0.2, 0.25) is 0 Å². The minimum absolute atomic E-state index is 0.0971. The molecular weight excluding hydrogens is 456 g/mol. The van der Waals surface area contributed by atoms with Gasteiger partial charge in [-0.05, 0) is 41.9 Å². The quantitative estimate of drug-likeness (QED) is 0.386. The van der Waals surface area contributed by atoms with Gasteiger partial charge in [0.25, 0.3) is 11.7 Å². The average molecular weight is 479 g/mol. The molecule has 0 saturated carbocycles. The fourth-order valence-electron chi connectivity index (χ4n) is 3.18. The van der Waals surface area contributed by atoms with Gasteiger partial charge in [0.2, 0.25) is 0 Å². The number of aromatic nitrogens is 4. The third-order valence-corrected chi connectivity index (χ3v) is 4.80. The van der Waals surface area contributed by atoms with Gasteiger partial charge in [0, 0.05) is 12.5 Å².